The molecule has 1 aliphatic carbocycles. The summed E-state index contributed by atoms with van der Waals surface area (Å²) in [7, 11) is 0. The van der Waals surface area contributed by atoms with Crippen molar-refractivity contribution in [1.29, 1.82) is 0 Å². The molecular weight excluding hydrogens is 282 g/mol. The minimum atomic E-state index is -0.519. The van der Waals surface area contributed by atoms with Gasteiger partial charge in [0.1, 0.15) is 11.4 Å². The number of nitrogens with zero attached hydrogens (tertiary/aromatic N) is 2. The molecule has 124 valence electrons. The Bertz CT molecular complexity index is 533. The summed E-state index contributed by atoms with van der Waals surface area (Å²) >= 11 is 0. The number of carbonyl (C=O) groups excluding carboxylic acids is 1. The number of aryl methyl sites for hydroxylation is 2. The molecule has 2 rings (SSSR count). The molecule has 1 aromatic rings. The largest absolute Gasteiger partial charge is 0.444 e. The van der Waals surface area contributed by atoms with Crippen LogP contribution in [0.25, 0.3) is 0 Å². The topological polar surface area (TPSA) is 76.4 Å². The van der Waals surface area contributed by atoms with Crippen molar-refractivity contribution in [2.75, 3.05) is 0 Å². The molecular formula is C16H27N3O3. The van der Waals surface area contributed by atoms with Crippen LogP contribution in [0.1, 0.15) is 57.6 Å². The second-order valence-electron chi connectivity index (χ2n) is 7.12. The average Bonchev–Trinajstić information content (AvgIpc) is 2.68. The molecule has 1 saturated carbocycles. The Hall–Kier alpha value is -1.56. The lowest BCUT2D eigenvalue weighted by Gasteiger charge is -2.36. The number of rotatable bonds is 2. The van der Waals surface area contributed by atoms with Crippen molar-refractivity contribution in [2.24, 2.45) is 0 Å². The molecule has 3 unspecified atom stereocenters. The van der Waals surface area contributed by atoms with E-state index >= 15 is 0 Å². The zero-order valence-electron chi connectivity index (χ0n) is 14.1. The highest BCUT2D eigenvalue weighted by molar-refractivity contribution is 5.68. The zero-order valence-corrected chi connectivity index (χ0v) is 14.1. The summed E-state index contributed by atoms with van der Waals surface area (Å²) in [5.74, 6) is 0.896. The van der Waals surface area contributed by atoms with Gasteiger partial charge in [-0.3, -0.25) is 0 Å². The summed E-state index contributed by atoms with van der Waals surface area (Å²) in [6, 6.07) is -0.0666. The zero-order chi connectivity index (χ0) is 16.5. The van der Waals surface area contributed by atoms with Crippen molar-refractivity contribution >= 4 is 6.09 Å². The molecule has 1 aromatic heterocycles. The Balaban J connectivity index is 2.13. The van der Waals surface area contributed by atoms with E-state index in [1.165, 1.54) is 0 Å². The van der Waals surface area contributed by atoms with Crippen molar-refractivity contribution in [1.82, 2.24) is 14.9 Å². The van der Waals surface area contributed by atoms with Crippen molar-refractivity contribution in [2.45, 2.75) is 77.7 Å². The lowest BCUT2D eigenvalue weighted by molar-refractivity contribution is 0.0395. The van der Waals surface area contributed by atoms with Crippen LogP contribution in [-0.2, 0) is 4.74 Å². The number of hydrogen-bond donors (Lipinski definition) is 2. The highest BCUT2D eigenvalue weighted by Gasteiger charge is 2.33. The molecule has 0 radical (unpaired) electrons. The van der Waals surface area contributed by atoms with Crippen molar-refractivity contribution < 1.29 is 14.6 Å². The highest BCUT2D eigenvalue weighted by atomic mass is 16.6. The lowest BCUT2D eigenvalue weighted by Crippen LogP contribution is -2.47. The van der Waals surface area contributed by atoms with Crippen LogP contribution in [0, 0.1) is 13.8 Å². The average molecular weight is 309 g/mol. The van der Waals surface area contributed by atoms with Crippen LogP contribution in [0.3, 0.4) is 0 Å². The number of alkyl carbamates (subject to hydrolysis) is 1. The maximum absolute atomic E-state index is 12.1. The molecule has 0 aliphatic heterocycles. The first kappa shape index (κ1) is 16.8. The van der Waals surface area contributed by atoms with Crippen LogP contribution in [0.4, 0.5) is 4.79 Å². The summed E-state index contributed by atoms with van der Waals surface area (Å²) < 4.78 is 7.40. The van der Waals surface area contributed by atoms with Gasteiger partial charge in [0.25, 0.3) is 0 Å². The number of amides is 1. The minimum Gasteiger partial charge on any atom is -0.444 e. The van der Waals surface area contributed by atoms with Crippen LogP contribution in [0.5, 0.6) is 0 Å². The first-order valence-corrected chi connectivity index (χ1v) is 7.85. The number of nitrogens with one attached hydrogen (secondary N) is 1. The van der Waals surface area contributed by atoms with E-state index in [9.17, 15) is 9.90 Å². The predicted molar refractivity (Wildman–Crippen MR) is 83.8 cm³/mol. The van der Waals surface area contributed by atoms with Crippen LogP contribution < -0.4 is 5.32 Å². The van der Waals surface area contributed by atoms with Gasteiger partial charge >= 0.3 is 6.09 Å². The summed E-state index contributed by atoms with van der Waals surface area (Å²) in [5, 5.41) is 13.0. The first-order chi connectivity index (χ1) is 10.2. The van der Waals surface area contributed by atoms with E-state index in [4.69, 9.17) is 4.74 Å². The van der Waals surface area contributed by atoms with Crippen molar-refractivity contribution in [3.63, 3.8) is 0 Å². The van der Waals surface area contributed by atoms with E-state index in [-0.39, 0.29) is 18.2 Å². The number of aliphatic hydroxyl groups excluding tert-OH is 1. The van der Waals surface area contributed by atoms with Crippen molar-refractivity contribution in [3.8, 4) is 0 Å². The van der Waals surface area contributed by atoms with Gasteiger partial charge in [0.15, 0.2) is 0 Å². The molecule has 1 aliphatic rings. The van der Waals surface area contributed by atoms with Gasteiger partial charge in [0.05, 0.1) is 23.9 Å². The summed E-state index contributed by atoms with van der Waals surface area (Å²) in [6.07, 6.45) is 3.24. The molecule has 3 atom stereocenters. The van der Waals surface area contributed by atoms with Gasteiger partial charge in [-0.2, -0.15) is 0 Å². The van der Waals surface area contributed by atoms with Gasteiger partial charge in [0, 0.05) is 6.20 Å². The second-order valence-corrected chi connectivity index (χ2v) is 7.12. The summed E-state index contributed by atoms with van der Waals surface area (Å²) in [5.41, 5.74) is 0.420. The van der Waals surface area contributed by atoms with E-state index in [2.05, 4.69) is 14.9 Å². The van der Waals surface area contributed by atoms with Crippen LogP contribution in [0.15, 0.2) is 6.20 Å². The standard InChI is InChI=1S/C16H27N3O3/c1-10-9-19(11(2)17-10)14-8-12(20)6-7-13(14)18-15(21)22-16(3,4)5/h9,12-14,20H,6-8H2,1-5H3,(H,18,21). The highest BCUT2D eigenvalue weighted by Crippen LogP contribution is 2.30. The Morgan fingerprint density at radius 3 is 2.64 bits per heavy atom. The van der Waals surface area contributed by atoms with Gasteiger partial charge in [-0.15, -0.1) is 0 Å². The maximum atomic E-state index is 12.1. The van der Waals surface area contributed by atoms with Gasteiger partial charge in [0.2, 0.25) is 0 Å². The van der Waals surface area contributed by atoms with Crippen LogP contribution in [0.2, 0.25) is 0 Å². The molecule has 0 aromatic carbocycles. The fourth-order valence-corrected chi connectivity index (χ4v) is 3.03. The number of carbonyl (C=O) groups is 1. The van der Waals surface area contributed by atoms with E-state index in [0.29, 0.717) is 12.8 Å². The van der Waals surface area contributed by atoms with Gasteiger partial charge in [-0.1, -0.05) is 0 Å². The van der Waals surface area contributed by atoms with Gasteiger partial charge in [-0.25, -0.2) is 9.78 Å². The predicted octanol–water partition coefficient (Wildman–Crippen LogP) is 2.48. The molecule has 2 N–H and O–H groups in total. The quantitative estimate of drug-likeness (QED) is 0.880. The van der Waals surface area contributed by atoms with Gasteiger partial charge in [-0.05, 0) is 53.9 Å². The molecule has 0 bridgehead atoms. The third-order valence-electron chi connectivity index (χ3n) is 3.89. The van der Waals surface area contributed by atoms with Crippen LogP contribution in [-0.4, -0.2) is 38.5 Å². The molecule has 1 amide bonds. The molecule has 1 heterocycles. The smallest absolute Gasteiger partial charge is 0.407 e. The lowest BCUT2D eigenvalue weighted by atomic mass is 9.88. The second kappa shape index (κ2) is 6.28. The Kier molecular flexibility index (Phi) is 4.80. The Labute approximate surface area is 131 Å². The Morgan fingerprint density at radius 1 is 1.41 bits per heavy atom. The number of aliphatic hydroxyl groups is 1. The van der Waals surface area contributed by atoms with E-state index in [1.807, 2.05) is 40.8 Å². The van der Waals surface area contributed by atoms with E-state index in [0.717, 1.165) is 17.9 Å². The number of aromatic nitrogens is 2. The molecule has 1 fully saturated rings. The third kappa shape index (κ3) is 4.22. The minimum absolute atomic E-state index is 0.00234. The van der Waals surface area contributed by atoms with Crippen molar-refractivity contribution in [3.05, 3.63) is 17.7 Å². The van der Waals surface area contributed by atoms with Gasteiger partial charge < -0.3 is 19.7 Å². The molecule has 6 heteroatoms. The normalized spacial score (nSPS) is 25.8. The number of imidazole rings is 1. The molecule has 22 heavy (non-hydrogen) atoms. The molecule has 0 saturated heterocycles. The van der Waals surface area contributed by atoms with E-state index in [1.54, 1.807) is 0 Å². The Morgan fingerprint density at radius 2 is 2.09 bits per heavy atom. The fourth-order valence-electron chi connectivity index (χ4n) is 3.03. The molecule has 0 spiro atoms. The fraction of sp³-hybridized carbons (Fsp3) is 0.750. The third-order valence-corrected chi connectivity index (χ3v) is 3.89. The summed E-state index contributed by atoms with van der Waals surface area (Å²) in [6.45, 7) is 9.42. The summed E-state index contributed by atoms with van der Waals surface area (Å²) in [4.78, 5) is 16.5. The van der Waals surface area contributed by atoms with Crippen LogP contribution >= 0.6 is 0 Å². The van der Waals surface area contributed by atoms with E-state index < -0.39 is 11.7 Å². The molecule has 6 nitrogen and oxygen atoms in total. The maximum Gasteiger partial charge on any atom is 0.407 e. The number of hydrogen-bond acceptors (Lipinski definition) is 4. The SMILES string of the molecule is Cc1cn(C2CC(O)CCC2NC(=O)OC(C)(C)C)c(C)n1. The first-order valence-electron chi connectivity index (χ1n) is 7.85. The number of ether oxygens (including phenoxy) is 1. The monoisotopic (exact) mass is 309 g/mol.